The molecule has 13 heteroatoms. The fourth-order valence-electron chi connectivity index (χ4n) is 5.57. The van der Waals surface area contributed by atoms with Crippen molar-refractivity contribution in [3.8, 4) is 0 Å². The molecule has 0 bridgehead atoms. The Morgan fingerprint density at radius 2 is 1.92 bits per heavy atom. The topological polar surface area (TPSA) is 99.1 Å². The number of alkyl halides is 3. The van der Waals surface area contributed by atoms with E-state index in [2.05, 4.69) is 9.88 Å². The molecule has 210 valence electrons. The van der Waals surface area contributed by atoms with Crippen molar-refractivity contribution in [3.05, 3.63) is 46.6 Å². The Labute approximate surface area is 223 Å². The first-order valence-electron chi connectivity index (χ1n) is 13.0. The van der Waals surface area contributed by atoms with Crippen LogP contribution in [0.5, 0.6) is 0 Å². The zero-order chi connectivity index (χ0) is 28.1. The lowest BCUT2D eigenvalue weighted by atomic mass is 10.0. The van der Waals surface area contributed by atoms with Crippen LogP contribution in [0.1, 0.15) is 43.6 Å². The zero-order valence-electron chi connectivity index (χ0n) is 22.1. The third-order valence-electron chi connectivity index (χ3n) is 7.69. The first kappa shape index (κ1) is 27.3. The summed E-state index contributed by atoms with van der Waals surface area (Å²) in [5, 5.41) is 16.5. The van der Waals surface area contributed by atoms with Gasteiger partial charge in [-0.2, -0.15) is 18.2 Å². The number of nitrogens with zero attached hydrogens (tertiary/aromatic N) is 6. The molecule has 0 aliphatic carbocycles. The normalized spacial score (nSPS) is 22.6. The van der Waals surface area contributed by atoms with Crippen LogP contribution in [0, 0.1) is 23.6 Å². The van der Waals surface area contributed by atoms with E-state index in [1.807, 2.05) is 30.2 Å². The molecule has 39 heavy (non-hydrogen) atoms. The Hall–Kier alpha value is -3.32. The number of anilines is 1. The number of halogens is 4. The first-order valence-corrected chi connectivity index (χ1v) is 13.0. The van der Waals surface area contributed by atoms with Gasteiger partial charge in [0.25, 0.3) is 0 Å². The Kier molecular flexibility index (Phi) is 7.23. The number of hydrogen-bond donors (Lipinski definition) is 2. The predicted molar refractivity (Wildman–Crippen MR) is 137 cm³/mol. The van der Waals surface area contributed by atoms with Crippen molar-refractivity contribution in [2.75, 3.05) is 24.6 Å². The van der Waals surface area contributed by atoms with Gasteiger partial charge in [-0.1, -0.05) is 6.07 Å². The molecule has 2 N–H and O–H groups in total. The van der Waals surface area contributed by atoms with Crippen LogP contribution in [-0.2, 0) is 24.0 Å². The Morgan fingerprint density at radius 1 is 1.15 bits per heavy atom. The van der Waals surface area contributed by atoms with Gasteiger partial charge in [-0.15, -0.1) is 0 Å². The molecule has 0 radical (unpaired) electrons. The predicted octanol–water partition coefficient (Wildman–Crippen LogP) is 3.91. The highest BCUT2D eigenvalue weighted by Crippen LogP contribution is 2.32. The van der Waals surface area contributed by atoms with Crippen LogP contribution in [0.15, 0.2) is 18.2 Å². The SMILES string of the molecule is Cc1nc2c(N3C[C@@H](C)N(Cc4ccc(C(F)(F)F)cc4F)C[C@@H]3C)nc(=N)n(C=N)c2n1C[C@@H]1CCCO1. The molecule has 0 saturated carbocycles. The van der Waals surface area contributed by atoms with Crippen LogP contribution >= 0.6 is 0 Å². The van der Waals surface area contributed by atoms with E-state index < -0.39 is 17.6 Å². The highest BCUT2D eigenvalue weighted by molar-refractivity contribution is 5.88. The van der Waals surface area contributed by atoms with Crippen LogP contribution in [0.4, 0.5) is 23.4 Å². The average molecular weight is 549 g/mol. The van der Waals surface area contributed by atoms with Gasteiger partial charge in [0, 0.05) is 43.9 Å². The van der Waals surface area contributed by atoms with Crippen molar-refractivity contribution in [2.24, 2.45) is 0 Å². The Morgan fingerprint density at radius 3 is 2.56 bits per heavy atom. The number of aryl methyl sites for hydroxylation is 1. The molecule has 0 amide bonds. The number of rotatable bonds is 6. The summed E-state index contributed by atoms with van der Waals surface area (Å²) in [6.45, 7) is 8.32. The summed E-state index contributed by atoms with van der Waals surface area (Å²) in [6.07, 6.45) is -1.56. The fourth-order valence-corrected chi connectivity index (χ4v) is 5.57. The molecule has 2 saturated heterocycles. The maximum atomic E-state index is 14.6. The number of piperazine rings is 1. The standard InChI is InChI=1S/C26H32F4N8O/c1-15-11-36(16(2)10-35(15)12-18-6-7-19(9-21(18)27)26(28,29)30)23-22-24(38(14-31)25(32)34-23)37(17(3)33-22)13-20-5-4-8-39-20/h6-7,9,14-16,20,31-32H,4-5,8,10-13H2,1-3H3/t15-,16+,20+/m1/s1. The lowest BCUT2D eigenvalue weighted by molar-refractivity contribution is -0.137. The van der Waals surface area contributed by atoms with E-state index in [0.29, 0.717) is 49.3 Å². The molecule has 1 aromatic carbocycles. The number of ether oxygens (including phenoxy) is 1. The van der Waals surface area contributed by atoms with Gasteiger partial charge in [-0.05, 0) is 45.7 Å². The van der Waals surface area contributed by atoms with Crippen molar-refractivity contribution in [1.82, 2.24) is 24.0 Å². The van der Waals surface area contributed by atoms with E-state index in [4.69, 9.17) is 20.5 Å². The maximum Gasteiger partial charge on any atom is 0.416 e. The van der Waals surface area contributed by atoms with E-state index in [-0.39, 0.29) is 35.9 Å². The molecular weight excluding hydrogens is 516 g/mol. The number of hydrogen-bond acceptors (Lipinski definition) is 7. The maximum absolute atomic E-state index is 14.6. The lowest BCUT2D eigenvalue weighted by Crippen LogP contribution is -2.56. The fraction of sp³-hybridized carbons (Fsp3) is 0.538. The molecule has 0 unspecified atom stereocenters. The molecule has 2 aliphatic heterocycles. The second-order valence-electron chi connectivity index (χ2n) is 10.4. The minimum absolute atomic E-state index is 0.0409. The molecule has 2 aliphatic rings. The van der Waals surface area contributed by atoms with E-state index in [1.165, 1.54) is 10.6 Å². The van der Waals surface area contributed by atoms with Crippen molar-refractivity contribution in [3.63, 3.8) is 0 Å². The van der Waals surface area contributed by atoms with E-state index in [1.54, 1.807) is 0 Å². The number of aromatic nitrogens is 4. The molecule has 2 aromatic heterocycles. The highest BCUT2D eigenvalue weighted by atomic mass is 19.4. The molecule has 9 nitrogen and oxygen atoms in total. The minimum Gasteiger partial charge on any atom is -0.376 e. The highest BCUT2D eigenvalue weighted by Gasteiger charge is 2.34. The van der Waals surface area contributed by atoms with Gasteiger partial charge in [-0.25, -0.2) is 9.37 Å². The van der Waals surface area contributed by atoms with Gasteiger partial charge in [0.1, 0.15) is 17.2 Å². The van der Waals surface area contributed by atoms with Crippen molar-refractivity contribution >= 4 is 23.3 Å². The number of benzene rings is 1. The van der Waals surface area contributed by atoms with E-state index in [9.17, 15) is 17.6 Å². The van der Waals surface area contributed by atoms with Gasteiger partial charge >= 0.3 is 6.18 Å². The summed E-state index contributed by atoms with van der Waals surface area (Å²) < 4.78 is 62.7. The molecule has 0 spiro atoms. The summed E-state index contributed by atoms with van der Waals surface area (Å²) in [7, 11) is 0. The zero-order valence-corrected chi connectivity index (χ0v) is 22.1. The summed E-state index contributed by atoms with van der Waals surface area (Å²) >= 11 is 0. The summed E-state index contributed by atoms with van der Waals surface area (Å²) in [6, 6.07) is 2.48. The van der Waals surface area contributed by atoms with Gasteiger partial charge < -0.3 is 14.2 Å². The van der Waals surface area contributed by atoms with Crippen molar-refractivity contribution in [1.29, 1.82) is 10.8 Å². The first-order chi connectivity index (χ1) is 18.5. The van der Waals surface area contributed by atoms with Crippen LogP contribution in [0.2, 0.25) is 0 Å². The van der Waals surface area contributed by atoms with Gasteiger partial charge in [0.2, 0.25) is 5.62 Å². The molecule has 2 fully saturated rings. The largest absolute Gasteiger partial charge is 0.416 e. The third-order valence-corrected chi connectivity index (χ3v) is 7.69. The van der Waals surface area contributed by atoms with Crippen LogP contribution in [-0.4, -0.2) is 68.2 Å². The molecule has 3 aromatic rings. The monoisotopic (exact) mass is 548 g/mol. The summed E-state index contributed by atoms with van der Waals surface area (Å²) in [5.74, 6) is 0.407. The van der Waals surface area contributed by atoms with Crippen molar-refractivity contribution in [2.45, 2.75) is 71.1 Å². The molecular formula is C26H32F4N8O. The average Bonchev–Trinajstić information content (AvgIpc) is 3.50. The molecule has 3 atom stereocenters. The number of imidazole rings is 1. The van der Waals surface area contributed by atoms with E-state index >= 15 is 0 Å². The molecule has 4 heterocycles. The number of nitrogens with one attached hydrogen (secondary N) is 2. The van der Waals surface area contributed by atoms with Crippen molar-refractivity contribution < 1.29 is 22.3 Å². The summed E-state index contributed by atoms with van der Waals surface area (Å²) in [4.78, 5) is 13.4. The van der Waals surface area contributed by atoms with Gasteiger partial charge in [0.05, 0.1) is 24.6 Å². The van der Waals surface area contributed by atoms with Crippen LogP contribution < -0.4 is 10.5 Å². The van der Waals surface area contributed by atoms with Gasteiger partial charge in [0.15, 0.2) is 11.5 Å². The van der Waals surface area contributed by atoms with Gasteiger partial charge in [-0.3, -0.25) is 20.3 Å². The third kappa shape index (κ3) is 5.17. The van der Waals surface area contributed by atoms with Crippen LogP contribution in [0.25, 0.3) is 11.2 Å². The quantitative estimate of drug-likeness (QED) is 0.277. The second-order valence-corrected chi connectivity index (χ2v) is 10.4. The Bertz CT molecular complexity index is 1440. The van der Waals surface area contributed by atoms with Crippen LogP contribution in [0.3, 0.4) is 0 Å². The second kappa shape index (κ2) is 10.3. The number of fused-ring (bicyclic) bond motifs is 1. The molecule has 5 rings (SSSR count). The lowest BCUT2D eigenvalue weighted by Gasteiger charge is -2.44. The Balaban J connectivity index is 1.44. The smallest absolute Gasteiger partial charge is 0.376 e. The van der Waals surface area contributed by atoms with E-state index in [0.717, 1.165) is 31.1 Å². The minimum atomic E-state index is -4.59. The summed E-state index contributed by atoms with van der Waals surface area (Å²) in [5.41, 5.74) is 0.319.